The van der Waals surface area contributed by atoms with E-state index in [1.165, 1.54) is 11.8 Å². The summed E-state index contributed by atoms with van der Waals surface area (Å²) in [5.41, 5.74) is 3.63. The summed E-state index contributed by atoms with van der Waals surface area (Å²) in [7, 11) is 0. The SMILES string of the molecule is Cc1ccccc1-n1cnnc1SCC(=O)NC(=O)c1ccc(C(C)(C)C)cc1. The molecule has 150 valence electrons. The van der Waals surface area contributed by atoms with Crippen LogP contribution in [0.1, 0.15) is 42.3 Å². The van der Waals surface area contributed by atoms with Gasteiger partial charge in [-0.2, -0.15) is 0 Å². The van der Waals surface area contributed by atoms with Gasteiger partial charge in [0.2, 0.25) is 5.91 Å². The molecule has 0 spiro atoms. The van der Waals surface area contributed by atoms with Gasteiger partial charge >= 0.3 is 0 Å². The molecule has 3 aromatic rings. The largest absolute Gasteiger partial charge is 0.292 e. The summed E-state index contributed by atoms with van der Waals surface area (Å²) in [6.45, 7) is 8.33. The molecule has 0 unspecified atom stereocenters. The third-order valence-corrected chi connectivity index (χ3v) is 5.43. The van der Waals surface area contributed by atoms with Gasteiger partial charge in [0.15, 0.2) is 5.16 Å². The minimum absolute atomic E-state index is 0.00846. The maximum atomic E-state index is 12.3. The van der Waals surface area contributed by atoms with Crippen LogP contribution in [0.15, 0.2) is 60.0 Å². The van der Waals surface area contributed by atoms with Crippen LogP contribution in [-0.2, 0) is 10.2 Å². The Balaban J connectivity index is 1.60. The Morgan fingerprint density at radius 3 is 2.41 bits per heavy atom. The maximum absolute atomic E-state index is 12.3. The second-order valence-electron chi connectivity index (χ2n) is 7.76. The van der Waals surface area contributed by atoms with Crippen molar-refractivity contribution >= 4 is 23.6 Å². The Bertz CT molecular complexity index is 1020. The number of hydrogen-bond donors (Lipinski definition) is 1. The van der Waals surface area contributed by atoms with Gasteiger partial charge in [-0.05, 0) is 41.7 Å². The van der Waals surface area contributed by atoms with E-state index in [-0.39, 0.29) is 17.1 Å². The van der Waals surface area contributed by atoms with Crippen molar-refractivity contribution in [1.82, 2.24) is 20.1 Å². The summed E-state index contributed by atoms with van der Waals surface area (Å²) in [4.78, 5) is 24.6. The van der Waals surface area contributed by atoms with Gasteiger partial charge in [-0.15, -0.1) is 10.2 Å². The van der Waals surface area contributed by atoms with Crippen molar-refractivity contribution in [3.05, 3.63) is 71.5 Å². The summed E-state index contributed by atoms with van der Waals surface area (Å²) in [6.07, 6.45) is 1.62. The standard InChI is InChI=1S/C22H24N4O2S/c1-15-7-5-6-8-18(15)26-14-23-25-21(26)29-13-19(27)24-20(28)16-9-11-17(12-10-16)22(2,3)4/h5-12,14H,13H2,1-4H3,(H,24,27,28). The normalized spacial score (nSPS) is 11.3. The number of aryl methyl sites for hydroxylation is 1. The molecule has 2 amide bonds. The molecular formula is C22H24N4O2S. The molecule has 0 aliphatic carbocycles. The van der Waals surface area contributed by atoms with Gasteiger partial charge in [-0.3, -0.25) is 19.5 Å². The number of imide groups is 1. The summed E-state index contributed by atoms with van der Waals surface area (Å²) < 4.78 is 1.83. The van der Waals surface area contributed by atoms with Gasteiger partial charge in [-0.1, -0.05) is 62.9 Å². The van der Waals surface area contributed by atoms with Crippen molar-refractivity contribution in [2.45, 2.75) is 38.3 Å². The summed E-state index contributed by atoms with van der Waals surface area (Å²) in [5.74, 6) is -0.716. The number of amides is 2. The van der Waals surface area contributed by atoms with Crippen LogP contribution in [-0.4, -0.2) is 32.3 Å². The first-order valence-electron chi connectivity index (χ1n) is 9.29. The van der Waals surface area contributed by atoms with E-state index in [1.54, 1.807) is 18.5 Å². The molecule has 1 aromatic heterocycles. The molecule has 0 saturated carbocycles. The van der Waals surface area contributed by atoms with Crippen LogP contribution in [0.2, 0.25) is 0 Å². The first kappa shape index (κ1) is 20.8. The molecule has 0 fully saturated rings. The molecule has 2 aromatic carbocycles. The van der Waals surface area contributed by atoms with Crippen LogP contribution in [0.5, 0.6) is 0 Å². The number of nitrogens with zero attached hydrogens (tertiary/aromatic N) is 3. The van der Waals surface area contributed by atoms with Gasteiger partial charge in [-0.25, -0.2) is 0 Å². The summed E-state index contributed by atoms with van der Waals surface area (Å²) in [6, 6.07) is 15.2. The van der Waals surface area contributed by atoms with Crippen LogP contribution < -0.4 is 5.32 Å². The van der Waals surface area contributed by atoms with Crippen molar-refractivity contribution in [2.24, 2.45) is 0 Å². The Kier molecular flexibility index (Phi) is 6.17. The average Bonchev–Trinajstić information content (AvgIpc) is 3.14. The van der Waals surface area contributed by atoms with Crippen LogP contribution >= 0.6 is 11.8 Å². The molecule has 0 saturated heterocycles. The zero-order valence-electron chi connectivity index (χ0n) is 17.0. The Labute approximate surface area is 174 Å². The van der Waals surface area contributed by atoms with Gasteiger partial charge in [0.1, 0.15) is 6.33 Å². The highest BCUT2D eigenvalue weighted by molar-refractivity contribution is 7.99. The van der Waals surface area contributed by atoms with E-state index in [2.05, 4.69) is 36.3 Å². The maximum Gasteiger partial charge on any atom is 0.257 e. The fourth-order valence-corrected chi connectivity index (χ4v) is 3.53. The zero-order valence-corrected chi connectivity index (χ0v) is 17.8. The van der Waals surface area contributed by atoms with Gasteiger partial charge in [0, 0.05) is 5.56 Å². The van der Waals surface area contributed by atoms with E-state index in [9.17, 15) is 9.59 Å². The van der Waals surface area contributed by atoms with Crippen molar-refractivity contribution in [2.75, 3.05) is 5.75 Å². The summed E-state index contributed by atoms with van der Waals surface area (Å²) >= 11 is 1.23. The number of nitrogens with one attached hydrogen (secondary N) is 1. The van der Waals surface area contributed by atoms with Crippen LogP contribution in [0, 0.1) is 6.92 Å². The first-order chi connectivity index (χ1) is 13.8. The molecule has 0 aliphatic rings. The molecule has 1 N–H and O–H groups in total. The average molecular weight is 409 g/mol. The van der Waals surface area contributed by atoms with Crippen LogP contribution in [0.3, 0.4) is 0 Å². The number of carbonyl (C=O) groups is 2. The number of carbonyl (C=O) groups excluding carboxylic acids is 2. The van der Waals surface area contributed by atoms with E-state index >= 15 is 0 Å². The third kappa shape index (κ3) is 5.12. The number of hydrogen-bond acceptors (Lipinski definition) is 5. The van der Waals surface area contributed by atoms with Gasteiger partial charge < -0.3 is 0 Å². The second-order valence-corrected chi connectivity index (χ2v) is 8.71. The highest BCUT2D eigenvalue weighted by Crippen LogP contribution is 2.23. The fourth-order valence-electron chi connectivity index (χ4n) is 2.81. The lowest BCUT2D eigenvalue weighted by molar-refractivity contribution is -0.117. The molecule has 0 atom stereocenters. The van der Waals surface area contributed by atoms with Gasteiger partial charge in [0.25, 0.3) is 5.91 Å². The lowest BCUT2D eigenvalue weighted by atomic mass is 9.87. The predicted octanol–water partition coefficient (Wildman–Crippen LogP) is 3.92. The van der Waals surface area contributed by atoms with Crippen molar-refractivity contribution < 1.29 is 9.59 Å². The Morgan fingerprint density at radius 2 is 1.76 bits per heavy atom. The molecule has 1 heterocycles. The van der Waals surface area contributed by atoms with Gasteiger partial charge in [0.05, 0.1) is 11.4 Å². The smallest absolute Gasteiger partial charge is 0.257 e. The van der Waals surface area contributed by atoms with Crippen molar-refractivity contribution in [3.63, 3.8) is 0 Å². The fraction of sp³-hybridized carbons (Fsp3) is 0.273. The lowest BCUT2D eigenvalue weighted by Gasteiger charge is -2.19. The topological polar surface area (TPSA) is 76.9 Å². The number of rotatable bonds is 5. The van der Waals surface area contributed by atoms with E-state index < -0.39 is 5.91 Å². The molecule has 29 heavy (non-hydrogen) atoms. The quantitative estimate of drug-likeness (QED) is 0.648. The molecule has 0 bridgehead atoms. The lowest BCUT2D eigenvalue weighted by Crippen LogP contribution is -2.32. The monoisotopic (exact) mass is 408 g/mol. The van der Waals surface area contributed by atoms with Crippen LogP contribution in [0.4, 0.5) is 0 Å². The van der Waals surface area contributed by atoms with Crippen molar-refractivity contribution in [1.29, 1.82) is 0 Å². The molecule has 3 rings (SSSR count). The molecule has 0 radical (unpaired) electrons. The van der Waals surface area contributed by atoms with Crippen molar-refractivity contribution in [3.8, 4) is 5.69 Å². The second kappa shape index (κ2) is 8.61. The number of aromatic nitrogens is 3. The zero-order chi connectivity index (χ0) is 21.0. The molecule has 7 heteroatoms. The number of para-hydroxylation sites is 1. The first-order valence-corrected chi connectivity index (χ1v) is 10.3. The Morgan fingerprint density at radius 1 is 1.07 bits per heavy atom. The van der Waals surface area contributed by atoms with E-state index in [4.69, 9.17) is 0 Å². The minimum Gasteiger partial charge on any atom is -0.292 e. The molecular weight excluding hydrogens is 384 g/mol. The number of thioether (sulfide) groups is 1. The van der Waals surface area contributed by atoms with E-state index in [0.29, 0.717) is 10.7 Å². The predicted molar refractivity (Wildman–Crippen MR) is 114 cm³/mol. The minimum atomic E-state index is -0.406. The number of benzene rings is 2. The highest BCUT2D eigenvalue weighted by atomic mass is 32.2. The summed E-state index contributed by atoms with van der Waals surface area (Å²) in [5, 5.41) is 11.1. The van der Waals surface area contributed by atoms with E-state index in [1.807, 2.05) is 47.9 Å². The molecule has 0 aliphatic heterocycles. The highest BCUT2D eigenvalue weighted by Gasteiger charge is 2.16. The van der Waals surface area contributed by atoms with Crippen LogP contribution in [0.25, 0.3) is 5.69 Å². The Hall–Kier alpha value is -2.93. The third-order valence-electron chi connectivity index (χ3n) is 4.49. The van der Waals surface area contributed by atoms with E-state index in [0.717, 1.165) is 16.8 Å². The molecule has 6 nitrogen and oxygen atoms in total.